The van der Waals surface area contributed by atoms with E-state index in [1.54, 1.807) is 6.08 Å². The highest BCUT2D eigenvalue weighted by molar-refractivity contribution is 5.56. The number of hydrogen-bond acceptors (Lipinski definition) is 1. The minimum atomic E-state index is 0.0711. The predicted molar refractivity (Wildman–Crippen MR) is 57.7 cm³/mol. The SMILES string of the molecule is C=CC(C=O)CC(CC)CCCC. The van der Waals surface area contributed by atoms with Gasteiger partial charge in [0.25, 0.3) is 0 Å². The molecule has 1 nitrogen and oxygen atoms in total. The van der Waals surface area contributed by atoms with Crippen LogP contribution in [0.3, 0.4) is 0 Å². The van der Waals surface area contributed by atoms with Crippen LogP contribution in [0, 0.1) is 11.8 Å². The van der Waals surface area contributed by atoms with Crippen molar-refractivity contribution in [2.45, 2.75) is 46.0 Å². The Balaban J connectivity index is 3.80. The van der Waals surface area contributed by atoms with Crippen LogP contribution in [-0.2, 0) is 4.79 Å². The molecule has 0 aromatic rings. The molecule has 0 spiro atoms. The summed E-state index contributed by atoms with van der Waals surface area (Å²) >= 11 is 0. The Hall–Kier alpha value is -0.590. The summed E-state index contributed by atoms with van der Waals surface area (Å²) in [5.41, 5.74) is 0. The van der Waals surface area contributed by atoms with Crippen LogP contribution in [0.2, 0.25) is 0 Å². The summed E-state index contributed by atoms with van der Waals surface area (Å²) < 4.78 is 0. The highest BCUT2D eigenvalue weighted by atomic mass is 16.1. The lowest BCUT2D eigenvalue weighted by molar-refractivity contribution is -0.110. The lowest BCUT2D eigenvalue weighted by Gasteiger charge is -2.16. The molecule has 0 saturated carbocycles. The number of carbonyl (C=O) groups is 1. The van der Waals surface area contributed by atoms with E-state index in [0.29, 0.717) is 5.92 Å². The van der Waals surface area contributed by atoms with E-state index in [1.165, 1.54) is 25.7 Å². The lowest BCUT2D eigenvalue weighted by atomic mass is 9.89. The van der Waals surface area contributed by atoms with Crippen molar-refractivity contribution in [1.29, 1.82) is 0 Å². The first-order valence-electron chi connectivity index (χ1n) is 5.36. The largest absolute Gasteiger partial charge is 0.303 e. The van der Waals surface area contributed by atoms with Crippen molar-refractivity contribution >= 4 is 6.29 Å². The van der Waals surface area contributed by atoms with E-state index in [9.17, 15) is 4.79 Å². The summed E-state index contributed by atoms with van der Waals surface area (Å²) in [5.74, 6) is 0.773. The summed E-state index contributed by atoms with van der Waals surface area (Å²) in [7, 11) is 0. The number of aldehydes is 1. The molecule has 0 aromatic heterocycles. The number of rotatable bonds is 8. The van der Waals surface area contributed by atoms with Crippen molar-refractivity contribution in [3.63, 3.8) is 0 Å². The van der Waals surface area contributed by atoms with Gasteiger partial charge < -0.3 is 4.79 Å². The molecule has 0 rings (SSSR count). The normalized spacial score (nSPS) is 14.9. The molecular formula is C12H22O. The van der Waals surface area contributed by atoms with E-state index in [4.69, 9.17) is 0 Å². The average molecular weight is 182 g/mol. The standard InChI is InChI=1S/C12H22O/c1-4-7-8-11(5-2)9-12(6-3)10-13/h6,10-12H,3-5,7-9H2,1-2H3. The Kier molecular flexibility index (Phi) is 7.66. The summed E-state index contributed by atoms with van der Waals surface area (Å²) in [6.45, 7) is 8.07. The molecule has 0 aliphatic heterocycles. The third-order valence-electron chi connectivity index (χ3n) is 2.63. The zero-order valence-electron chi connectivity index (χ0n) is 8.96. The fraction of sp³-hybridized carbons (Fsp3) is 0.750. The Morgan fingerprint density at radius 1 is 1.38 bits per heavy atom. The van der Waals surface area contributed by atoms with Crippen molar-refractivity contribution in [1.82, 2.24) is 0 Å². The van der Waals surface area contributed by atoms with Crippen LogP contribution >= 0.6 is 0 Å². The summed E-state index contributed by atoms with van der Waals surface area (Å²) in [6.07, 6.45) is 8.73. The Labute approximate surface area is 82.2 Å². The Morgan fingerprint density at radius 3 is 2.46 bits per heavy atom. The van der Waals surface area contributed by atoms with Crippen LogP contribution < -0.4 is 0 Å². The number of carbonyl (C=O) groups excluding carboxylic acids is 1. The minimum Gasteiger partial charge on any atom is -0.303 e. The van der Waals surface area contributed by atoms with Crippen molar-refractivity contribution in [2.75, 3.05) is 0 Å². The van der Waals surface area contributed by atoms with Gasteiger partial charge in [0.15, 0.2) is 0 Å². The first kappa shape index (κ1) is 12.4. The van der Waals surface area contributed by atoms with Gasteiger partial charge in [-0.25, -0.2) is 0 Å². The van der Waals surface area contributed by atoms with Gasteiger partial charge in [-0.2, -0.15) is 0 Å². The van der Waals surface area contributed by atoms with E-state index in [-0.39, 0.29) is 5.92 Å². The number of unbranched alkanes of at least 4 members (excludes halogenated alkanes) is 1. The van der Waals surface area contributed by atoms with Crippen LogP contribution in [0.5, 0.6) is 0 Å². The van der Waals surface area contributed by atoms with Crippen LogP contribution in [-0.4, -0.2) is 6.29 Å². The molecular weight excluding hydrogens is 160 g/mol. The molecule has 0 heterocycles. The van der Waals surface area contributed by atoms with E-state index < -0.39 is 0 Å². The molecule has 0 fully saturated rings. The van der Waals surface area contributed by atoms with E-state index in [0.717, 1.165) is 12.7 Å². The maximum absolute atomic E-state index is 10.6. The molecule has 0 bridgehead atoms. The van der Waals surface area contributed by atoms with Gasteiger partial charge in [0.1, 0.15) is 6.29 Å². The topological polar surface area (TPSA) is 17.1 Å². The molecule has 0 aromatic carbocycles. The molecule has 2 unspecified atom stereocenters. The van der Waals surface area contributed by atoms with E-state index in [1.807, 2.05) is 0 Å². The number of hydrogen-bond donors (Lipinski definition) is 0. The first-order chi connectivity index (χ1) is 6.28. The highest BCUT2D eigenvalue weighted by Crippen LogP contribution is 2.20. The third-order valence-corrected chi connectivity index (χ3v) is 2.63. The average Bonchev–Trinajstić information content (AvgIpc) is 2.19. The maximum atomic E-state index is 10.6. The van der Waals surface area contributed by atoms with Gasteiger partial charge in [-0.1, -0.05) is 45.6 Å². The Bertz CT molecular complexity index is 132. The molecule has 0 amide bonds. The van der Waals surface area contributed by atoms with Gasteiger partial charge in [-0.15, -0.1) is 6.58 Å². The predicted octanol–water partition coefficient (Wildman–Crippen LogP) is 3.59. The van der Waals surface area contributed by atoms with Crippen molar-refractivity contribution in [3.05, 3.63) is 12.7 Å². The second kappa shape index (κ2) is 8.03. The van der Waals surface area contributed by atoms with Crippen LogP contribution in [0.15, 0.2) is 12.7 Å². The van der Waals surface area contributed by atoms with Crippen molar-refractivity contribution < 1.29 is 4.79 Å². The van der Waals surface area contributed by atoms with Gasteiger partial charge in [-0.05, 0) is 12.3 Å². The fourth-order valence-corrected chi connectivity index (χ4v) is 1.57. The van der Waals surface area contributed by atoms with Gasteiger partial charge in [0.05, 0.1) is 0 Å². The molecule has 1 heteroatoms. The van der Waals surface area contributed by atoms with Crippen molar-refractivity contribution in [3.8, 4) is 0 Å². The molecule has 0 radical (unpaired) electrons. The van der Waals surface area contributed by atoms with Crippen LogP contribution in [0.25, 0.3) is 0 Å². The number of allylic oxidation sites excluding steroid dienone is 1. The zero-order chi connectivity index (χ0) is 10.1. The van der Waals surface area contributed by atoms with Gasteiger partial charge in [0, 0.05) is 5.92 Å². The highest BCUT2D eigenvalue weighted by Gasteiger charge is 2.11. The minimum absolute atomic E-state index is 0.0711. The van der Waals surface area contributed by atoms with Crippen molar-refractivity contribution in [2.24, 2.45) is 11.8 Å². The maximum Gasteiger partial charge on any atom is 0.126 e. The molecule has 13 heavy (non-hydrogen) atoms. The molecule has 0 saturated heterocycles. The lowest BCUT2D eigenvalue weighted by Crippen LogP contribution is -2.07. The van der Waals surface area contributed by atoms with Gasteiger partial charge in [-0.3, -0.25) is 0 Å². The monoisotopic (exact) mass is 182 g/mol. The van der Waals surface area contributed by atoms with E-state index in [2.05, 4.69) is 20.4 Å². The molecule has 2 atom stereocenters. The third kappa shape index (κ3) is 5.62. The molecule has 0 aliphatic carbocycles. The first-order valence-corrected chi connectivity index (χ1v) is 5.36. The van der Waals surface area contributed by atoms with Crippen LogP contribution in [0.1, 0.15) is 46.0 Å². The molecule has 0 N–H and O–H groups in total. The summed E-state index contributed by atoms with van der Waals surface area (Å²) in [6, 6.07) is 0. The quantitative estimate of drug-likeness (QED) is 0.414. The van der Waals surface area contributed by atoms with Gasteiger partial charge in [0.2, 0.25) is 0 Å². The molecule has 0 aliphatic rings. The fourth-order valence-electron chi connectivity index (χ4n) is 1.57. The summed E-state index contributed by atoms with van der Waals surface area (Å²) in [4.78, 5) is 10.6. The second-order valence-corrected chi connectivity index (χ2v) is 3.69. The van der Waals surface area contributed by atoms with Gasteiger partial charge >= 0.3 is 0 Å². The second-order valence-electron chi connectivity index (χ2n) is 3.69. The molecule has 76 valence electrons. The Morgan fingerprint density at radius 2 is 2.08 bits per heavy atom. The zero-order valence-corrected chi connectivity index (χ0v) is 8.96. The summed E-state index contributed by atoms with van der Waals surface area (Å²) in [5, 5.41) is 0. The van der Waals surface area contributed by atoms with E-state index >= 15 is 0 Å². The smallest absolute Gasteiger partial charge is 0.126 e. The van der Waals surface area contributed by atoms with Crippen LogP contribution in [0.4, 0.5) is 0 Å².